The zero-order chi connectivity index (χ0) is 34.6. The number of aromatic nitrogens is 2. The molecule has 0 spiro atoms. The van der Waals surface area contributed by atoms with Crippen LogP contribution in [-0.2, 0) is 9.84 Å². The maximum Gasteiger partial charge on any atom is 0.211 e. The second kappa shape index (κ2) is 10.7. The van der Waals surface area contributed by atoms with Crippen LogP contribution < -0.4 is 0 Å². The topological polar surface area (TPSA) is 52.0 Å². The van der Waals surface area contributed by atoms with Crippen molar-refractivity contribution in [1.82, 2.24) is 9.55 Å². The predicted octanol–water partition coefficient (Wildman–Crippen LogP) is 11.8. The highest BCUT2D eigenvalue weighted by Crippen LogP contribution is 2.50. The van der Waals surface area contributed by atoms with E-state index in [9.17, 15) is 0 Å². The highest BCUT2D eigenvalue weighted by Gasteiger charge is 2.36. The monoisotopic (exact) mass is 684 g/mol. The van der Waals surface area contributed by atoms with Crippen molar-refractivity contribution in [2.24, 2.45) is 0 Å². The van der Waals surface area contributed by atoms with E-state index in [1.165, 1.54) is 10.8 Å². The van der Waals surface area contributed by atoms with Crippen molar-refractivity contribution in [3.8, 4) is 39.3 Å². The molecule has 10 aromatic rings. The van der Waals surface area contributed by atoms with Crippen LogP contribution in [0.3, 0.4) is 0 Å². The van der Waals surface area contributed by atoms with Crippen LogP contribution in [-0.4, -0.2) is 18.0 Å². The van der Waals surface area contributed by atoms with Crippen LogP contribution in [0, 0.1) is 0 Å². The van der Waals surface area contributed by atoms with Gasteiger partial charge in [-0.05, 0) is 84.0 Å². The number of hydrogen-bond donors (Lipinski definition) is 0. The number of nitrogens with zero attached hydrogens (tertiary/aromatic N) is 2. The molecule has 9 aromatic carbocycles. The summed E-state index contributed by atoms with van der Waals surface area (Å²) in [6.45, 7) is 0. The van der Waals surface area contributed by atoms with E-state index < -0.39 is 9.84 Å². The van der Waals surface area contributed by atoms with Gasteiger partial charge in [-0.1, -0.05) is 146 Å². The molecule has 0 unspecified atom stereocenters. The van der Waals surface area contributed by atoms with Gasteiger partial charge in [0.15, 0.2) is 0 Å². The molecule has 0 bridgehead atoms. The largest absolute Gasteiger partial charge is 0.290 e. The zero-order valence-electron chi connectivity index (χ0n) is 27.8. The molecule has 0 atom stereocenters. The van der Waals surface area contributed by atoms with Gasteiger partial charge >= 0.3 is 0 Å². The van der Waals surface area contributed by atoms with Crippen molar-refractivity contribution in [3.63, 3.8) is 0 Å². The standard InChI is InChI=1S/C47H28N2O2S/c50-52(51)42-25-11-23-40-45(42)49(47(48-40)32-27-26-29-12-1-2-14-31(29)28-32)41-24-10-22-39(46(41)52)44-37-19-7-5-17-35(37)43(36-18-6-8-20-38(36)44)34-21-9-15-30-13-3-4-16-33(30)34/h1-28H. The van der Waals surface area contributed by atoms with Crippen LogP contribution in [0.5, 0.6) is 0 Å². The molecule has 0 saturated carbocycles. The molecule has 0 N–H and O–H groups in total. The molecular weight excluding hydrogens is 657 g/mol. The number of hydrogen-bond acceptors (Lipinski definition) is 3. The smallest absolute Gasteiger partial charge is 0.211 e. The highest BCUT2D eigenvalue weighted by atomic mass is 32.2. The highest BCUT2D eigenvalue weighted by molar-refractivity contribution is 7.92. The fourth-order valence-electron chi connectivity index (χ4n) is 8.51. The van der Waals surface area contributed by atoms with E-state index in [1.807, 2.05) is 48.5 Å². The van der Waals surface area contributed by atoms with Crippen molar-refractivity contribution in [2.45, 2.75) is 9.79 Å². The molecule has 244 valence electrons. The summed E-state index contributed by atoms with van der Waals surface area (Å²) < 4.78 is 32.2. The first kappa shape index (κ1) is 29.2. The summed E-state index contributed by atoms with van der Waals surface area (Å²) in [6.07, 6.45) is 0. The summed E-state index contributed by atoms with van der Waals surface area (Å²) in [5.74, 6) is 0.711. The lowest BCUT2D eigenvalue weighted by Crippen LogP contribution is -2.16. The van der Waals surface area contributed by atoms with Gasteiger partial charge in [0.05, 0.1) is 21.6 Å². The number of imidazole rings is 1. The van der Waals surface area contributed by atoms with Gasteiger partial charge in [0, 0.05) is 11.1 Å². The SMILES string of the molecule is O=S1(=O)c2c(-c3c4ccccc4c(-c4cccc5ccccc45)c4ccccc34)cccc2-n2c(-c3ccc4ccccc4c3)nc3cccc1c32. The van der Waals surface area contributed by atoms with Crippen molar-refractivity contribution < 1.29 is 8.42 Å². The Morgan fingerprint density at radius 3 is 1.75 bits per heavy atom. The van der Waals surface area contributed by atoms with E-state index in [0.29, 0.717) is 33.0 Å². The second-order valence-electron chi connectivity index (χ2n) is 13.5. The zero-order valence-corrected chi connectivity index (χ0v) is 28.6. The van der Waals surface area contributed by atoms with E-state index in [4.69, 9.17) is 4.98 Å². The molecule has 0 saturated heterocycles. The quantitative estimate of drug-likeness (QED) is 0.174. The van der Waals surface area contributed by atoms with Crippen LogP contribution in [0.1, 0.15) is 0 Å². The third-order valence-corrected chi connectivity index (χ3v) is 12.6. The Kier molecular flexibility index (Phi) is 6.02. The van der Waals surface area contributed by atoms with Gasteiger partial charge in [-0.15, -0.1) is 0 Å². The van der Waals surface area contributed by atoms with Crippen LogP contribution in [0.4, 0.5) is 0 Å². The average Bonchev–Trinajstić information content (AvgIpc) is 3.59. The third-order valence-electron chi connectivity index (χ3n) is 10.7. The van der Waals surface area contributed by atoms with E-state index in [0.717, 1.165) is 54.6 Å². The Balaban J connectivity index is 1.26. The van der Waals surface area contributed by atoms with Gasteiger partial charge in [0.25, 0.3) is 0 Å². The fourth-order valence-corrected chi connectivity index (χ4v) is 10.3. The van der Waals surface area contributed by atoms with Crippen molar-refractivity contribution in [1.29, 1.82) is 0 Å². The van der Waals surface area contributed by atoms with Gasteiger partial charge in [-0.2, -0.15) is 0 Å². The molecule has 52 heavy (non-hydrogen) atoms. The van der Waals surface area contributed by atoms with Crippen LogP contribution >= 0.6 is 0 Å². The van der Waals surface area contributed by atoms with Crippen molar-refractivity contribution >= 4 is 64.0 Å². The molecule has 0 fully saturated rings. The number of rotatable bonds is 3. The normalized spacial score (nSPS) is 13.3. The molecule has 1 aromatic heterocycles. The minimum absolute atomic E-state index is 0.269. The summed E-state index contributed by atoms with van der Waals surface area (Å²) in [5.41, 5.74) is 6.65. The number of sulfone groups is 1. The van der Waals surface area contributed by atoms with Crippen LogP contribution in [0.2, 0.25) is 0 Å². The van der Waals surface area contributed by atoms with Gasteiger partial charge < -0.3 is 0 Å². The summed E-state index contributed by atoms with van der Waals surface area (Å²) in [7, 11) is -3.98. The molecule has 0 amide bonds. The Bertz CT molecular complexity index is 3210. The van der Waals surface area contributed by atoms with Crippen LogP contribution in [0.25, 0.3) is 93.5 Å². The average molecular weight is 685 g/mol. The van der Waals surface area contributed by atoms with Gasteiger partial charge in [-0.3, -0.25) is 4.57 Å². The molecule has 1 aliphatic heterocycles. The van der Waals surface area contributed by atoms with Crippen LogP contribution in [0.15, 0.2) is 180 Å². The molecule has 11 rings (SSSR count). The Labute approximate surface area is 299 Å². The first-order valence-electron chi connectivity index (χ1n) is 17.4. The molecule has 4 nitrogen and oxygen atoms in total. The number of para-hydroxylation sites is 1. The lowest BCUT2D eigenvalue weighted by Gasteiger charge is -2.25. The Hall–Kier alpha value is -6.56. The van der Waals surface area contributed by atoms with Gasteiger partial charge in [-0.25, -0.2) is 13.4 Å². The minimum Gasteiger partial charge on any atom is -0.290 e. The van der Waals surface area contributed by atoms with E-state index in [1.54, 1.807) is 12.1 Å². The number of fused-ring (bicyclic) bond motifs is 6. The van der Waals surface area contributed by atoms with E-state index in [-0.39, 0.29) is 4.90 Å². The first-order valence-corrected chi connectivity index (χ1v) is 18.9. The first-order chi connectivity index (χ1) is 25.6. The summed E-state index contributed by atoms with van der Waals surface area (Å²) in [6, 6.07) is 57.6. The molecule has 0 radical (unpaired) electrons. The van der Waals surface area contributed by atoms with Crippen molar-refractivity contribution in [2.75, 3.05) is 0 Å². The second-order valence-corrected chi connectivity index (χ2v) is 15.3. The molecule has 2 heterocycles. The number of benzene rings is 9. The van der Waals surface area contributed by atoms with E-state index >= 15 is 8.42 Å². The Morgan fingerprint density at radius 1 is 0.462 bits per heavy atom. The lowest BCUT2D eigenvalue weighted by atomic mass is 9.84. The summed E-state index contributed by atoms with van der Waals surface area (Å²) in [4.78, 5) is 5.66. The third kappa shape index (κ3) is 3.97. The molecule has 1 aliphatic rings. The molecule has 5 heteroatoms. The maximum atomic E-state index is 15.1. The maximum absolute atomic E-state index is 15.1. The minimum atomic E-state index is -3.98. The molecule has 0 aliphatic carbocycles. The van der Waals surface area contributed by atoms with Crippen molar-refractivity contribution in [3.05, 3.63) is 170 Å². The summed E-state index contributed by atoms with van der Waals surface area (Å²) in [5, 5.41) is 8.72. The van der Waals surface area contributed by atoms with Gasteiger partial charge in [0.2, 0.25) is 9.84 Å². The predicted molar refractivity (Wildman–Crippen MR) is 213 cm³/mol. The van der Waals surface area contributed by atoms with E-state index in [2.05, 4.69) is 114 Å². The molecular formula is C47H28N2O2S. The fraction of sp³-hybridized carbons (Fsp3) is 0. The summed E-state index contributed by atoms with van der Waals surface area (Å²) >= 11 is 0. The Morgan fingerprint density at radius 2 is 1.02 bits per heavy atom. The van der Waals surface area contributed by atoms with Gasteiger partial charge in [0.1, 0.15) is 10.7 Å². The lowest BCUT2D eigenvalue weighted by molar-refractivity contribution is 0.595.